The molecule has 6 nitrogen and oxygen atoms in total. The number of likely N-dealkylation sites (tertiary alicyclic amines) is 1. The molecule has 112 valence electrons. The minimum absolute atomic E-state index is 0.415. The summed E-state index contributed by atoms with van der Waals surface area (Å²) in [4.78, 5) is 14.5. The van der Waals surface area contributed by atoms with E-state index in [0.29, 0.717) is 12.5 Å². The molecule has 1 saturated heterocycles. The van der Waals surface area contributed by atoms with Gasteiger partial charge >= 0.3 is 0 Å². The number of H-pyrrole nitrogens is 1. The summed E-state index contributed by atoms with van der Waals surface area (Å²) >= 11 is 0. The molecule has 4 rings (SSSR count). The van der Waals surface area contributed by atoms with Crippen molar-refractivity contribution in [3.8, 4) is 6.07 Å². The number of nitriles is 1. The molecule has 0 aliphatic carbocycles. The smallest absolute Gasteiger partial charge is 0.139 e. The van der Waals surface area contributed by atoms with Gasteiger partial charge in [-0.25, -0.2) is 9.97 Å². The van der Waals surface area contributed by atoms with Gasteiger partial charge in [0.15, 0.2) is 0 Å². The van der Waals surface area contributed by atoms with Crippen LogP contribution in [-0.4, -0.2) is 44.1 Å². The van der Waals surface area contributed by atoms with Gasteiger partial charge in [0.25, 0.3) is 0 Å². The second kappa shape index (κ2) is 5.43. The number of hydrogen-bond acceptors (Lipinski definition) is 4. The quantitative estimate of drug-likeness (QED) is 0.805. The van der Waals surface area contributed by atoms with Gasteiger partial charge in [-0.3, -0.25) is 0 Å². The maximum absolute atomic E-state index is 8.78. The van der Waals surface area contributed by atoms with Gasteiger partial charge in [-0.1, -0.05) is 0 Å². The zero-order chi connectivity index (χ0) is 14.9. The predicted octanol–water partition coefficient (Wildman–Crippen LogP) is 2.46. The molecule has 1 N–H and O–H groups in total. The lowest BCUT2D eigenvalue weighted by molar-refractivity contribution is 0.183. The summed E-state index contributed by atoms with van der Waals surface area (Å²) in [5.41, 5.74) is 3.02. The molecule has 3 aromatic heterocycles. The van der Waals surface area contributed by atoms with Crippen molar-refractivity contribution in [2.24, 2.45) is 0 Å². The summed E-state index contributed by atoms with van der Waals surface area (Å²) in [7, 11) is 0. The van der Waals surface area contributed by atoms with Crippen LogP contribution in [-0.2, 0) is 0 Å². The Kier molecular flexibility index (Phi) is 3.28. The second-order valence-corrected chi connectivity index (χ2v) is 5.89. The molecule has 1 aliphatic heterocycles. The van der Waals surface area contributed by atoms with E-state index < -0.39 is 0 Å². The lowest BCUT2D eigenvalue weighted by Crippen LogP contribution is -2.36. The summed E-state index contributed by atoms with van der Waals surface area (Å²) in [6, 6.07) is 4.73. The van der Waals surface area contributed by atoms with Crippen molar-refractivity contribution in [1.29, 1.82) is 5.26 Å². The number of hydrogen-bond donors (Lipinski definition) is 1. The third-order valence-corrected chi connectivity index (χ3v) is 4.53. The first kappa shape index (κ1) is 13.3. The second-order valence-electron chi connectivity index (χ2n) is 5.89. The Morgan fingerprint density at radius 1 is 1.41 bits per heavy atom. The highest BCUT2D eigenvalue weighted by molar-refractivity contribution is 6.00. The van der Waals surface area contributed by atoms with E-state index in [4.69, 9.17) is 5.26 Å². The molecule has 22 heavy (non-hydrogen) atoms. The van der Waals surface area contributed by atoms with Crippen LogP contribution in [0.4, 0.5) is 0 Å². The average Bonchev–Trinajstić information content (AvgIpc) is 3.18. The fourth-order valence-corrected chi connectivity index (χ4v) is 3.48. The van der Waals surface area contributed by atoms with Gasteiger partial charge in [0.1, 0.15) is 11.2 Å². The Morgan fingerprint density at radius 2 is 2.36 bits per heavy atom. The Morgan fingerprint density at radius 3 is 3.27 bits per heavy atom. The van der Waals surface area contributed by atoms with Gasteiger partial charge in [0.2, 0.25) is 0 Å². The number of aromatic nitrogens is 4. The highest BCUT2D eigenvalue weighted by Gasteiger charge is 2.23. The van der Waals surface area contributed by atoms with Crippen LogP contribution >= 0.6 is 0 Å². The lowest BCUT2D eigenvalue weighted by Gasteiger charge is -2.33. The molecular formula is C16H18N6. The molecule has 0 radical (unpaired) electrons. The monoisotopic (exact) mass is 294 g/mol. The third kappa shape index (κ3) is 2.14. The maximum atomic E-state index is 8.78. The molecule has 0 saturated carbocycles. The summed E-state index contributed by atoms with van der Waals surface area (Å²) < 4.78 is 2.30. The van der Waals surface area contributed by atoms with Crippen molar-refractivity contribution in [1.82, 2.24) is 24.4 Å². The molecular weight excluding hydrogens is 276 g/mol. The summed E-state index contributed by atoms with van der Waals surface area (Å²) in [5, 5.41) is 9.91. The molecule has 0 unspecified atom stereocenters. The number of nitrogens with one attached hydrogen (secondary N) is 1. The molecule has 1 atom stereocenters. The molecule has 3 aromatic rings. The van der Waals surface area contributed by atoms with E-state index in [2.05, 4.69) is 36.6 Å². The van der Waals surface area contributed by atoms with Crippen LogP contribution in [0.25, 0.3) is 22.1 Å². The topological polar surface area (TPSA) is 73.5 Å². The summed E-state index contributed by atoms with van der Waals surface area (Å²) in [6.07, 6.45) is 8.62. The Bertz CT molecular complexity index is 839. The normalized spacial score (nSPS) is 19.7. The molecule has 1 fully saturated rings. The minimum atomic E-state index is 0.415. The van der Waals surface area contributed by atoms with Crippen LogP contribution in [0.3, 0.4) is 0 Å². The molecule has 1 aliphatic rings. The molecule has 0 bridgehead atoms. The molecule has 6 heteroatoms. The maximum Gasteiger partial charge on any atom is 0.139 e. The number of pyridine rings is 1. The first-order chi connectivity index (χ1) is 10.9. The zero-order valence-electron chi connectivity index (χ0n) is 12.4. The van der Waals surface area contributed by atoms with Crippen molar-refractivity contribution >= 4 is 22.1 Å². The first-order valence-corrected chi connectivity index (χ1v) is 7.75. The highest BCUT2D eigenvalue weighted by atomic mass is 15.2. The fourth-order valence-electron chi connectivity index (χ4n) is 3.48. The Balaban J connectivity index is 1.71. The van der Waals surface area contributed by atoms with E-state index in [1.165, 1.54) is 5.52 Å². The third-order valence-electron chi connectivity index (χ3n) is 4.53. The van der Waals surface area contributed by atoms with Crippen LogP contribution < -0.4 is 0 Å². The number of piperidine rings is 1. The van der Waals surface area contributed by atoms with Crippen molar-refractivity contribution in [2.45, 2.75) is 25.3 Å². The van der Waals surface area contributed by atoms with Crippen molar-refractivity contribution < 1.29 is 0 Å². The Labute approximate surface area is 128 Å². The molecule has 0 amide bonds. The van der Waals surface area contributed by atoms with Gasteiger partial charge < -0.3 is 14.5 Å². The van der Waals surface area contributed by atoms with Crippen LogP contribution in [0.2, 0.25) is 0 Å². The number of rotatable bonds is 3. The summed E-state index contributed by atoms with van der Waals surface area (Å²) in [5.74, 6) is 0. The molecule has 0 aromatic carbocycles. The van der Waals surface area contributed by atoms with Crippen LogP contribution in [0.1, 0.15) is 25.3 Å². The number of nitrogens with zero attached hydrogens (tertiary/aromatic N) is 5. The zero-order valence-corrected chi connectivity index (χ0v) is 12.4. The molecule has 4 heterocycles. The number of aromatic amines is 1. The van der Waals surface area contributed by atoms with Gasteiger partial charge in [0.05, 0.1) is 24.1 Å². The van der Waals surface area contributed by atoms with E-state index in [9.17, 15) is 0 Å². The van der Waals surface area contributed by atoms with E-state index in [1.54, 1.807) is 0 Å². The van der Waals surface area contributed by atoms with E-state index >= 15 is 0 Å². The van der Waals surface area contributed by atoms with Crippen molar-refractivity contribution in [3.05, 3.63) is 24.8 Å². The van der Waals surface area contributed by atoms with Crippen LogP contribution in [0, 0.1) is 11.3 Å². The number of imidazole rings is 1. The van der Waals surface area contributed by atoms with E-state index in [1.807, 2.05) is 18.7 Å². The SMILES string of the molecule is N#CCCN1CCC[C@@H](n2cnc3cnc4[nH]ccc4c32)C1. The standard InChI is InChI=1S/C16H18N6/c17-5-2-8-21-7-1-3-12(10-21)22-11-20-14-9-19-16-13(15(14)22)4-6-18-16/h4,6,9,11-12H,1-3,7-8,10H2,(H,18,19)/t12-/m1/s1. The summed E-state index contributed by atoms with van der Waals surface area (Å²) in [6.45, 7) is 2.94. The predicted molar refractivity (Wildman–Crippen MR) is 84.3 cm³/mol. The fraction of sp³-hybridized carbons (Fsp3) is 0.438. The van der Waals surface area contributed by atoms with E-state index in [-0.39, 0.29) is 0 Å². The van der Waals surface area contributed by atoms with Crippen molar-refractivity contribution in [2.75, 3.05) is 19.6 Å². The highest BCUT2D eigenvalue weighted by Crippen LogP contribution is 2.29. The van der Waals surface area contributed by atoms with Crippen LogP contribution in [0.15, 0.2) is 24.8 Å². The van der Waals surface area contributed by atoms with Gasteiger partial charge in [-0.15, -0.1) is 0 Å². The average molecular weight is 294 g/mol. The van der Waals surface area contributed by atoms with Gasteiger partial charge in [-0.2, -0.15) is 5.26 Å². The lowest BCUT2D eigenvalue weighted by atomic mass is 10.0. The Hall–Kier alpha value is -2.39. The minimum Gasteiger partial charge on any atom is -0.346 e. The number of fused-ring (bicyclic) bond motifs is 3. The largest absolute Gasteiger partial charge is 0.346 e. The van der Waals surface area contributed by atoms with Crippen LogP contribution in [0.5, 0.6) is 0 Å². The first-order valence-electron chi connectivity index (χ1n) is 7.75. The van der Waals surface area contributed by atoms with E-state index in [0.717, 1.165) is 49.0 Å². The molecule has 0 spiro atoms. The van der Waals surface area contributed by atoms with Gasteiger partial charge in [-0.05, 0) is 25.5 Å². The van der Waals surface area contributed by atoms with Gasteiger partial charge in [0, 0.05) is 37.1 Å². The van der Waals surface area contributed by atoms with Crippen molar-refractivity contribution in [3.63, 3.8) is 0 Å².